The molecule has 0 saturated carbocycles. The Bertz CT molecular complexity index is 72.8. The van der Waals surface area contributed by atoms with Gasteiger partial charge in [0.05, 0.1) is 0 Å². The molecule has 0 aromatic heterocycles. The lowest BCUT2D eigenvalue weighted by Gasteiger charge is -2.17. The van der Waals surface area contributed by atoms with Gasteiger partial charge < -0.3 is 4.90 Å². The predicted molar refractivity (Wildman–Crippen MR) is 44.9 cm³/mol. The first kappa shape index (κ1) is 8.06. The van der Waals surface area contributed by atoms with Crippen LogP contribution in [0.3, 0.4) is 0 Å². The fourth-order valence-electron chi connectivity index (χ4n) is 1.58. The van der Waals surface area contributed by atoms with E-state index >= 15 is 0 Å². The second kappa shape index (κ2) is 4.73. The number of hydrogen-bond donors (Lipinski definition) is 0. The van der Waals surface area contributed by atoms with Crippen LogP contribution in [-0.4, -0.2) is 24.5 Å². The molecule has 0 aromatic rings. The van der Waals surface area contributed by atoms with E-state index in [2.05, 4.69) is 11.8 Å². The highest BCUT2D eigenvalue weighted by Crippen LogP contribution is 2.09. The molecule has 1 aliphatic rings. The van der Waals surface area contributed by atoms with Crippen molar-refractivity contribution < 1.29 is 0 Å². The van der Waals surface area contributed by atoms with Crippen molar-refractivity contribution in [2.75, 3.05) is 19.6 Å². The third-order valence-corrected chi connectivity index (χ3v) is 2.17. The molecular formula is C9H18N. The van der Waals surface area contributed by atoms with Crippen molar-refractivity contribution >= 4 is 0 Å². The minimum absolute atomic E-state index is 1.07. The van der Waals surface area contributed by atoms with Crippen LogP contribution in [0.4, 0.5) is 0 Å². The van der Waals surface area contributed by atoms with Gasteiger partial charge >= 0.3 is 0 Å². The lowest BCUT2D eigenvalue weighted by molar-refractivity contribution is 0.290. The number of rotatable bonds is 2. The van der Waals surface area contributed by atoms with Crippen molar-refractivity contribution in [3.8, 4) is 0 Å². The van der Waals surface area contributed by atoms with Gasteiger partial charge in [-0.15, -0.1) is 0 Å². The Morgan fingerprint density at radius 1 is 1.00 bits per heavy atom. The van der Waals surface area contributed by atoms with E-state index in [4.69, 9.17) is 0 Å². The van der Waals surface area contributed by atoms with Crippen LogP contribution in [0.1, 0.15) is 32.1 Å². The number of likely N-dealkylation sites (tertiary alicyclic amines) is 1. The summed E-state index contributed by atoms with van der Waals surface area (Å²) in [7, 11) is 0. The standard InChI is InChI=1S/C9H18N/c1-2-7-10-8-5-3-4-6-9-10/h1-9H2. The molecule has 1 saturated heterocycles. The van der Waals surface area contributed by atoms with Crippen molar-refractivity contribution in [1.82, 2.24) is 4.90 Å². The number of hydrogen-bond acceptors (Lipinski definition) is 1. The first-order valence-electron chi connectivity index (χ1n) is 4.45. The topological polar surface area (TPSA) is 3.24 Å². The highest BCUT2D eigenvalue weighted by atomic mass is 15.1. The second-order valence-electron chi connectivity index (χ2n) is 3.11. The third kappa shape index (κ3) is 2.70. The highest BCUT2D eigenvalue weighted by Gasteiger charge is 2.06. The van der Waals surface area contributed by atoms with Crippen LogP contribution in [0.5, 0.6) is 0 Å². The van der Waals surface area contributed by atoms with Crippen LogP contribution in [0, 0.1) is 6.92 Å². The van der Waals surface area contributed by atoms with Gasteiger partial charge in [0, 0.05) is 0 Å². The summed E-state index contributed by atoms with van der Waals surface area (Å²) in [6, 6.07) is 0. The Kier molecular flexibility index (Phi) is 3.81. The zero-order chi connectivity index (χ0) is 7.23. The average Bonchev–Trinajstić information content (AvgIpc) is 2.17. The van der Waals surface area contributed by atoms with Gasteiger partial charge in [-0.25, -0.2) is 0 Å². The molecule has 1 heterocycles. The monoisotopic (exact) mass is 140 g/mol. The van der Waals surface area contributed by atoms with Crippen LogP contribution >= 0.6 is 0 Å². The van der Waals surface area contributed by atoms with Gasteiger partial charge in [0.15, 0.2) is 0 Å². The van der Waals surface area contributed by atoms with E-state index in [1.807, 2.05) is 0 Å². The molecule has 1 aliphatic heterocycles. The Hall–Kier alpha value is -0.0400. The van der Waals surface area contributed by atoms with E-state index in [1.165, 1.54) is 45.3 Å². The molecule has 0 aliphatic carbocycles. The van der Waals surface area contributed by atoms with Gasteiger partial charge in [-0.2, -0.15) is 0 Å². The number of nitrogens with zero attached hydrogens (tertiary/aromatic N) is 1. The van der Waals surface area contributed by atoms with Crippen LogP contribution in [0.25, 0.3) is 0 Å². The van der Waals surface area contributed by atoms with Crippen LogP contribution in [-0.2, 0) is 0 Å². The third-order valence-electron chi connectivity index (χ3n) is 2.17. The second-order valence-corrected chi connectivity index (χ2v) is 3.11. The minimum Gasteiger partial charge on any atom is -0.303 e. The van der Waals surface area contributed by atoms with E-state index in [0.29, 0.717) is 0 Å². The summed E-state index contributed by atoms with van der Waals surface area (Å²) >= 11 is 0. The first-order chi connectivity index (χ1) is 4.93. The van der Waals surface area contributed by atoms with E-state index in [1.54, 1.807) is 0 Å². The van der Waals surface area contributed by atoms with Crippen LogP contribution in [0.15, 0.2) is 0 Å². The zero-order valence-corrected chi connectivity index (χ0v) is 6.81. The quantitative estimate of drug-likeness (QED) is 0.567. The molecule has 59 valence electrons. The van der Waals surface area contributed by atoms with Gasteiger partial charge in [-0.3, -0.25) is 0 Å². The molecule has 0 aromatic carbocycles. The Labute approximate surface area is 64.4 Å². The van der Waals surface area contributed by atoms with Gasteiger partial charge in [0.2, 0.25) is 0 Å². The largest absolute Gasteiger partial charge is 0.303 e. The molecule has 1 fully saturated rings. The highest BCUT2D eigenvalue weighted by molar-refractivity contribution is 4.63. The summed E-state index contributed by atoms with van der Waals surface area (Å²) in [5, 5.41) is 0. The molecule has 1 radical (unpaired) electrons. The molecule has 0 spiro atoms. The molecule has 0 N–H and O–H groups in total. The Morgan fingerprint density at radius 3 is 2.10 bits per heavy atom. The molecule has 0 unspecified atom stereocenters. The van der Waals surface area contributed by atoms with Crippen LogP contribution in [0.2, 0.25) is 0 Å². The molecule has 10 heavy (non-hydrogen) atoms. The normalized spacial score (nSPS) is 22.5. The molecule has 0 amide bonds. The Morgan fingerprint density at radius 2 is 1.60 bits per heavy atom. The maximum Gasteiger partial charge on any atom is -0.00187 e. The van der Waals surface area contributed by atoms with Gasteiger partial charge in [-0.1, -0.05) is 19.8 Å². The smallest absolute Gasteiger partial charge is 0.00187 e. The van der Waals surface area contributed by atoms with E-state index in [0.717, 1.165) is 6.42 Å². The maximum atomic E-state index is 3.87. The fourth-order valence-corrected chi connectivity index (χ4v) is 1.58. The zero-order valence-electron chi connectivity index (χ0n) is 6.81. The molecule has 1 nitrogen and oxygen atoms in total. The molecule has 1 rings (SSSR count). The van der Waals surface area contributed by atoms with Crippen LogP contribution < -0.4 is 0 Å². The summed E-state index contributed by atoms with van der Waals surface area (Å²) in [6.45, 7) is 7.71. The Balaban J connectivity index is 2.15. The average molecular weight is 140 g/mol. The first-order valence-corrected chi connectivity index (χ1v) is 4.45. The summed E-state index contributed by atoms with van der Waals surface area (Å²) in [5.41, 5.74) is 0. The molecule has 1 heteroatoms. The lowest BCUT2D eigenvalue weighted by Crippen LogP contribution is -2.25. The summed E-state index contributed by atoms with van der Waals surface area (Å²) < 4.78 is 0. The fraction of sp³-hybridized carbons (Fsp3) is 0.889. The van der Waals surface area contributed by atoms with Crippen molar-refractivity contribution in [3.63, 3.8) is 0 Å². The molecule has 0 atom stereocenters. The van der Waals surface area contributed by atoms with E-state index in [-0.39, 0.29) is 0 Å². The molecule has 0 bridgehead atoms. The summed E-state index contributed by atoms with van der Waals surface area (Å²) in [5.74, 6) is 0. The van der Waals surface area contributed by atoms with Crippen molar-refractivity contribution in [2.24, 2.45) is 0 Å². The summed E-state index contributed by atoms with van der Waals surface area (Å²) in [4.78, 5) is 2.54. The van der Waals surface area contributed by atoms with Crippen molar-refractivity contribution in [2.45, 2.75) is 32.1 Å². The van der Waals surface area contributed by atoms with E-state index in [9.17, 15) is 0 Å². The maximum absolute atomic E-state index is 3.87. The summed E-state index contributed by atoms with van der Waals surface area (Å²) in [6.07, 6.45) is 6.75. The SMILES string of the molecule is [CH2]CCN1CCCCCC1. The lowest BCUT2D eigenvalue weighted by atomic mass is 10.2. The van der Waals surface area contributed by atoms with Crippen molar-refractivity contribution in [1.29, 1.82) is 0 Å². The predicted octanol–water partition coefficient (Wildman–Crippen LogP) is 2.09. The minimum atomic E-state index is 1.07. The van der Waals surface area contributed by atoms with E-state index < -0.39 is 0 Å². The van der Waals surface area contributed by atoms with Gasteiger partial charge in [0.1, 0.15) is 0 Å². The van der Waals surface area contributed by atoms with Crippen molar-refractivity contribution in [3.05, 3.63) is 6.92 Å². The van der Waals surface area contributed by atoms with Gasteiger partial charge in [0.25, 0.3) is 0 Å². The molecular weight excluding hydrogens is 122 g/mol. The van der Waals surface area contributed by atoms with Gasteiger partial charge in [-0.05, 0) is 38.9 Å².